The van der Waals surface area contributed by atoms with E-state index in [1.807, 2.05) is 12.3 Å². The molecule has 0 bridgehead atoms. The van der Waals surface area contributed by atoms with Crippen molar-refractivity contribution in [2.45, 2.75) is 12.8 Å². The Morgan fingerprint density at radius 2 is 2.18 bits per heavy atom. The van der Waals surface area contributed by atoms with Crippen LogP contribution in [0.15, 0.2) is 23.7 Å². The predicted molar refractivity (Wildman–Crippen MR) is 87.4 cm³/mol. The first-order chi connectivity index (χ1) is 10.6. The first-order valence-electron chi connectivity index (χ1n) is 6.66. The van der Waals surface area contributed by atoms with Crippen LogP contribution in [-0.4, -0.2) is 31.7 Å². The number of benzene rings is 1. The molecule has 22 heavy (non-hydrogen) atoms. The minimum absolute atomic E-state index is 0.152. The maximum Gasteiger partial charge on any atom is 0.251 e. The highest BCUT2D eigenvalue weighted by Gasteiger charge is 2.16. The second-order valence-corrected chi connectivity index (χ2v) is 6.01. The van der Waals surface area contributed by atoms with Gasteiger partial charge in [0.05, 0.1) is 24.2 Å². The molecule has 118 valence electrons. The number of hydrogen-bond donors (Lipinski definition) is 1. The van der Waals surface area contributed by atoms with Crippen LogP contribution in [0.3, 0.4) is 0 Å². The molecule has 1 amide bonds. The Morgan fingerprint density at radius 1 is 1.41 bits per heavy atom. The fourth-order valence-corrected chi connectivity index (χ4v) is 2.95. The number of rotatable bonds is 6. The minimum Gasteiger partial charge on any atom is -0.493 e. The molecule has 0 saturated carbocycles. The number of amides is 1. The fourth-order valence-electron chi connectivity index (χ4n) is 1.96. The van der Waals surface area contributed by atoms with Gasteiger partial charge >= 0.3 is 0 Å². The van der Waals surface area contributed by atoms with Gasteiger partial charge in [-0.25, -0.2) is 4.98 Å². The van der Waals surface area contributed by atoms with Crippen LogP contribution in [-0.2, 0) is 0 Å². The topological polar surface area (TPSA) is 60.5 Å². The minimum atomic E-state index is -0.216. The van der Waals surface area contributed by atoms with Gasteiger partial charge in [0.25, 0.3) is 5.91 Å². The van der Waals surface area contributed by atoms with Crippen molar-refractivity contribution in [2.75, 3.05) is 20.8 Å². The standard InChI is InChI=1S/C15H17ClN2O3S/c1-9(15-17-4-5-22-15)8-18-14(19)10-6-11(16)13(21-3)12(7-10)20-2/h4-7,9H,8H2,1-3H3,(H,18,19). The molecular weight excluding hydrogens is 324 g/mol. The third-order valence-electron chi connectivity index (χ3n) is 3.14. The first-order valence-corrected chi connectivity index (χ1v) is 7.91. The summed E-state index contributed by atoms with van der Waals surface area (Å²) in [6.07, 6.45) is 1.76. The number of hydrogen-bond acceptors (Lipinski definition) is 5. The van der Waals surface area contributed by atoms with Gasteiger partial charge in [-0.3, -0.25) is 4.79 Å². The molecule has 1 aromatic heterocycles. The predicted octanol–water partition coefficient (Wildman–Crippen LogP) is 3.35. The number of carbonyl (C=O) groups is 1. The second-order valence-electron chi connectivity index (χ2n) is 4.67. The summed E-state index contributed by atoms with van der Waals surface area (Å²) >= 11 is 7.68. The summed E-state index contributed by atoms with van der Waals surface area (Å²) in [5, 5.41) is 6.12. The molecule has 0 spiro atoms. The van der Waals surface area contributed by atoms with Crippen LogP contribution in [0.2, 0.25) is 5.02 Å². The van der Waals surface area contributed by atoms with Crippen LogP contribution in [0, 0.1) is 0 Å². The normalized spacial score (nSPS) is 11.8. The zero-order chi connectivity index (χ0) is 16.1. The molecule has 0 aliphatic carbocycles. The Morgan fingerprint density at radius 3 is 2.77 bits per heavy atom. The number of thiazole rings is 1. The van der Waals surface area contributed by atoms with Gasteiger partial charge in [0.2, 0.25) is 0 Å². The van der Waals surface area contributed by atoms with Gasteiger partial charge in [-0.2, -0.15) is 0 Å². The lowest BCUT2D eigenvalue weighted by Crippen LogP contribution is -2.27. The highest BCUT2D eigenvalue weighted by Crippen LogP contribution is 2.36. The highest BCUT2D eigenvalue weighted by molar-refractivity contribution is 7.09. The number of nitrogens with zero attached hydrogens (tertiary/aromatic N) is 1. The molecule has 1 heterocycles. The fraction of sp³-hybridized carbons (Fsp3) is 0.333. The third-order valence-corrected chi connectivity index (χ3v) is 4.43. The molecule has 0 aliphatic rings. The average Bonchev–Trinajstić information content (AvgIpc) is 3.05. The van der Waals surface area contributed by atoms with Crippen molar-refractivity contribution in [3.05, 3.63) is 39.3 Å². The summed E-state index contributed by atoms with van der Waals surface area (Å²) in [6.45, 7) is 2.51. The summed E-state index contributed by atoms with van der Waals surface area (Å²) in [7, 11) is 3.00. The molecule has 0 radical (unpaired) electrons. The number of aromatic nitrogens is 1. The highest BCUT2D eigenvalue weighted by atomic mass is 35.5. The van der Waals surface area contributed by atoms with E-state index in [4.69, 9.17) is 21.1 Å². The van der Waals surface area contributed by atoms with Crippen molar-refractivity contribution in [3.63, 3.8) is 0 Å². The van der Waals surface area contributed by atoms with Gasteiger partial charge in [-0.15, -0.1) is 11.3 Å². The number of halogens is 1. The SMILES string of the molecule is COc1cc(C(=O)NCC(C)c2nccs2)cc(Cl)c1OC. The number of nitrogens with one attached hydrogen (secondary N) is 1. The van der Waals surface area contributed by atoms with E-state index in [2.05, 4.69) is 10.3 Å². The quantitative estimate of drug-likeness (QED) is 0.876. The Balaban J connectivity index is 2.08. The Labute approximate surface area is 138 Å². The van der Waals surface area contributed by atoms with Crippen molar-refractivity contribution in [2.24, 2.45) is 0 Å². The van der Waals surface area contributed by atoms with E-state index in [0.717, 1.165) is 5.01 Å². The van der Waals surface area contributed by atoms with Crippen LogP contribution in [0.4, 0.5) is 0 Å². The summed E-state index contributed by atoms with van der Waals surface area (Å²) in [5.41, 5.74) is 0.425. The molecule has 0 saturated heterocycles. The summed E-state index contributed by atoms with van der Waals surface area (Å²) in [6, 6.07) is 3.17. The lowest BCUT2D eigenvalue weighted by Gasteiger charge is -2.13. The molecule has 5 nitrogen and oxygen atoms in total. The van der Waals surface area contributed by atoms with Crippen LogP contribution in [0.1, 0.15) is 28.2 Å². The maximum absolute atomic E-state index is 12.3. The largest absolute Gasteiger partial charge is 0.493 e. The molecule has 0 aliphatic heterocycles. The van der Waals surface area contributed by atoms with E-state index in [1.165, 1.54) is 14.2 Å². The Bertz CT molecular complexity index is 646. The molecule has 2 aromatic rings. The average molecular weight is 341 g/mol. The van der Waals surface area contributed by atoms with E-state index in [9.17, 15) is 4.79 Å². The number of methoxy groups -OCH3 is 2. The van der Waals surface area contributed by atoms with E-state index in [-0.39, 0.29) is 11.8 Å². The van der Waals surface area contributed by atoms with E-state index in [1.54, 1.807) is 29.7 Å². The molecule has 7 heteroatoms. The van der Waals surface area contributed by atoms with Gasteiger partial charge < -0.3 is 14.8 Å². The Kier molecular flexibility index (Phi) is 5.63. The zero-order valence-corrected chi connectivity index (χ0v) is 14.1. The van der Waals surface area contributed by atoms with Crippen LogP contribution < -0.4 is 14.8 Å². The molecule has 0 fully saturated rings. The van der Waals surface area contributed by atoms with E-state index >= 15 is 0 Å². The molecular formula is C15H17ClN2O3S. The van der Waals surface area contributed by atoms with Gasteiger partial charge in [0.1, 0.15) is 0 Å². The van der Waals surface area contributed by atoms with Crippen LogP contribution in [0.25, 0.3) is 0 Å². The lowest BCUT2D eigenvalue weighted by atomic mass is 10.1. The summed E-state index contributed by atoms with van der Waals surface area (Å²) < 4.78 is 10.3. The van der Waals surface area contributed by atoms with E-state index in [0.29, 0.717) is 28.6 Å². The smallest absolute Gasteiger partial charge is 0.251 e. The molecule has 1 N–H and O–H groups in total. The van der Waals surface area contributed by atoms with Crippen molar-refractivity contribution < 1.29 is 14.3 Å². The summed E-state index contributed by atoms with van der Waals surface area (Å²) in [5.74, 6) is 0.774. The summed E-state index contributed by atoms with van der Waals surface area (Å²) in [4.78, 5) is 16.5. The van der Waals surface area contributed by atoms with Gasteiger partial charge in [-0.05, 0) is 12.1 Å². The van der Waals surface area contributed by atoms with Crippen LogP contribution >= 0.6 is 22.9 Å². The maximum atomic E-state index is 12.3. The zero-order valence-electron chi connectivity index (χ0n) is 12.6. The Hall–Kier alpha value is -1.79. The van der Waals surface area contributed by atoms with Crippen molar-refractivity contribution in [3.8, 4) is 11.5 Å². The van der Waals surface area contributed by atoms with Gasteiger partial charge in [-0.1, -0.05) is 18.5 Å². The lowest BCUT2D eigenvalue weighted by molar-refractivity contribution is 0.0951. The van der Waals surface area contributed by atoms with E-state index < -0.39 is 0 Å². The third kappa shape index (κ3) is 3.69. The second kappa shape index (κ2) is 7.47. The molecule has 1 aromatic carbocycles. The monoisotopic (exact) mass is 340 g/mol. The number of ether oxygens (including phenoxy) is 2. The molecule has 1 unspecified atom stereocenters. The van der Waals surface area contributed by atoms with Crippen molar-refractivity contribution in [1.29, 1.82) is 0 Å². The van der Waals surface area contributed by atoms with Crippen molar-refractivity contribution >= 4 is 28.8 Å². The van der Waals surface area contributed by atoms with Crippen LogP contribution in [0.5, 0.6) is 11.5 Å². The molecule has 1 atom stereocenters. The van der Waals surface area contributed by atoms with Gasteiger partial charge in [0.15, 0.2) is 11.5 Å². The van der Waals surface area contributed by atoms with Gasteiger partial charge in [0, 0.05) is 29.6 Å². The van der Waals surface area contributed by atoms with Crippen molar-refractivity contribution in [1.82, 2.24) is 10.3 Å². The molecule has 2 rings (SSSR count). The first kappa shape index (κ1) is 16.6. The number of carbonyl (C=O) groups excluding carboxylic acids is 1.